The van der Waals surface area contributed by atoms with Crippen molar-refractivity contribution in [2.45, 2.75) is 50.8 Å². The summed E-state index contributed by atoms with van der Waals surface area (Å²) in [6.45, 7) is 6.48. The molecule has 0 aliphatic rings. The van der Waals surface area contributed by atoms with E-state index in [2.05, 4.69) is 50.4 Å². The Labute approximate surface area is 198 Å². The van der Waals surface area contributed by atoms with Crippen molar-refractivity contribution in [2.24, 2.45) is 0 Å². The summed E-state index contributed by atoms with van der Waals surface area (Å²) in [4.78, 5) is 18.6. The van der Waals surface area contributed by atoms with Crippen LogP contribution in [-0.2, 0) is 12.3 Å². The lowest BCUT2D eigenvalue weighted by atomic mass is 10.2. The summed E-state index contributed by atoms with van der Waals surface area (Å²) in [7, 11) is 0. The van der Waals surface area contributed by atoms with Crippen molar-refractivity contribution in [3.05, 3.63) is 70.2 Å². The van der Waals surface area contributed by atoms with Crippen LogP contribution in [0, 0.1) is 20.8 Å². The van der Waals surface area contributed by atoms with Gasteiger partial charge in [0.1, 0.15) is 16.7 Å². The number of nitrogens with one attached hydrogen (secondary N) is 1. The number of halogens is 1. The van der Waals surface area contributed by atoms with Gasteiger partial charge in [0, 0.05) is 29.2 Å². The monoisotopic (exact) mass is 473 g/mol. The van der Waals surface area contributed by atoms with Gasteiger partial charge in [-0.05, 0) is 74.4 Å². The minimum absolute atomic E-state index is 0.565. The molecule has 1 N–H and O–H groups in total. The maximum Gasteiger partial charge on any atom is 0.149 e. The van der Waals surface area contributed by atoms with Crippen molar-refractivity contribution in [3.8, 4) is 0 Å². The molecule has 5 nitrogen and oxygen atoms in total. The van der Waals surface area contributed by atoms with Crippen LogP contribution in [0.4, 0.5) is 5.82 Å². The second-order valence-electron chi connectivity index (χ2n) is 7.22. The van der Waals surface area contributed by atoms with Gasteiger partial charge in [-0.3, -0.25) is 9.97 Å². The van der Waals surface area contributed by atoms with Gasteiger partial charge in [0.2, 0.25) is 0 Å². The number of rotatable bonds is 11. The third kappa shape index (κ3) is 7.37. The van der Waals surface area contributed by atoms with Crippen LogP contribution in [0.25, 0.3) is 0 Å². The maximum atomic E-state index is 6.34. The van der Waals surface area contributed by atoms with Gasteiger partial charge in [-0.1, -0.05) is 11.6 Å². The van der Waals surface area contributed by atoms with Gasteiger partial charge in [-0.2, -0.15) is 11.8 Å². The van der Waals surface area contributed by atoms with Crippen LogP contribution in [0.3, 0.4) is 0 Å². The van der Waals surface area contributed by atoms with Gasteiger partial charge in [0.15, 0.2) is 0 Å². The first-order valence-electron chi connectivity index (χ1n) is 10.3. The summed E-state index contributed by atoms with van der Waals surface area (Å²) in [6.07, 6.45) is 8.04. The largest absolute Gasteiger partial charge is 0.363 e. The van der Waals surface area contributed by atoms with Crippen molar-refractivity contribution in [2.75, 3.05) is 16.8 Å². The fourth-order valence-electron chi connectivity index (χ4n) is 3.03. The molecule has 3 rings (SSSR count). The zero-order chi connectivity index (χ0) is 22.1. The number of pyridine rings is 2. The van der Waals surface area contributed by atoms with Crippen molar-refractivity contribution in [3.63, 3.8) is 0 Å². The molecule has 8 heteroatoms. The molecular weight excluding hydrogens is 446 g/mol. The Balaban J connectivity index is 1.43. The number of hydrogen-bond donors (Lipinski definition) is 1. The molecule has 0 saturated heterocycles. The van der Waals surface area contributed by atoms with E-state index in [1.165, 1.54) is 34.6 Å². The zero-order valence-corrected chi connectivity index (χ0v) is 20.6. The average molecular weight is 474 g/mol. The SMILES string of the molecule is Cc1nc(C)c(Cl)c(NCc2nccc(SCCCCSCc3ccncc3)c2C)n1. The minimum atomic E-state index is 0.565. The van der Waals surface area contributed by atoms with Gasteiger partial charge < -0.3 is 5.32 Å². The third-order valence-electron chi connectivity index (χ3n) is 4.77. The molecule has 0 amide bonds. The summed E-state index contributed by atoms with van der Waals surface area (Å²) >= 11 is 10.2. The Kier molecular flexibility index (Phi) is 9.43. The van der Waals surface area contributed by atoms with E-state index in [1.54, 1.807) is 0 Å². The van der Waals surface area contributed by atoms with Crippen molar-refractivity contribution in [1.82, 2.24) is 19.9 Å². The number of aryl methyl sites for hydroxylation is 2. The van der Waals surface area contributed by atoms with Gasteiger partial charge >= 0.3 is 0 Å². The number of anilines is 1. The van der Waals surface area contributed by atoms with E-state index in [9.17, 15) is 0 Å². The Bertz CT molecular complexity index is 985. The number of aromatic nitrogens is 4. The van der Waals surface area contributed by atoms with E-state index in [0.717, 1.165) is 22.9 Å². The van der Waals surface area contributed by atoms with Crippen molar-refractivity contribution in [1.29, 1.82) is 0 Å². The highest BCUT2D eigenvalue weighted by Crippen LogP contribution is 2.27. The van der Waals surface area contributed by atoms with E-state index < -0.39 is 0 Å². The molecule has 0 unspecified atom stereocenters. The van der Waals surface area contributed by atoms with Gasteiger partial charge in [-0.25, -0.2) is 9.97 Å². The van der Waals surface area contributed by atoms with E-state index in [1.807, 2.05) is 56.0 Å². The Morgan fingerprint density at radius 1 is 0.968 bits per heavy atom. The van der Waals surface area contributed by atoms with Crippen molar-refractivity contribution < 1.29 is 0 Å². The molecular formula is C23H28ClN5S2. The third-order valence-corrected chi connectivity index (χ3v) is 7.58. The molecule has 0 aromatic carbocycles. The normalized spacial score (nSPS) is 11.0. The molecule has 31 heavy (non-hydrogen) atoms. The molecule has 0 aliphatic carbocycles. The smallest absolute Gasteiger partial charge is 0.149 e. The quantitative estimate of drug-likeness (QED) is 0.260. The molecule has 3 heterocycles. The average Bonchev–Trinajstić information content (AvgIpc) is 2.77. The minimum Gasteiger partial charge on any atom is -0.363 e. The lowest BCUT2D eigenvalue weighted by Gasteiger charge is -2.13. The molecule has 164 valence electrons. The number of unbranched alkanes of at least 4 members (excludes halogenated alkanes) is 1. The lowest BCUT2D eigenvalue weighted by Crippen LogP contribution is -2.08. The molecule has 0 bridgehead atoms. The summed E-state index contributed by atoms with van der Waals surface area (Å²) in [5, 5.41) is 3.89. The molecule has 0 saturated carbocycles. The zero-order valence-electron chi connectivity index (χ0n) is 18.2. The first-order chi connectivity index (χ1) is 15.0. The maximum absolute atomic E-state index is 6.34. The summed E-state index contributed by atoms with van der Waals surface area (Å²) in [6, 6.07) is 6.28. The van der Waals surface area contributed by atoms with E-state index in [4.69, 9.17) is 11.6 Å². The van der Waals surface area contributed by atoms with Crippen LogP contribution in [0.15, 0.2) is 41.7 Å². The Hall–Kier alpha value is -1.83. The van der Waals surface area contributed by atoms with Crippen LogP contribution in [0.2, 0.25) is 5.02 Å². The second kappa shape index (κ2) is 12.3. The first-order valence-corrected chi connectivity index (χ1v) is 12.8. The van der Waals surface area contributed by atoms with Crippen LogP contribution in [-0.4, -0.2) is 31.4 Å². The number of nitrogens with zero attached hydrogens (tertiary/aromatic N) is 4. The topological polar surface area (TPSA) is 63.6 Å². The number of hydrogen-bond acceptors (Lipinski definition) is 7. The Morgan fingerprint density at radius 2 is 1.74 bits per heavy atom. The van der Waals surface area contributed by atoms with E-state index >= 15 is 0 Å². The highest BCUT2D eigenvalue weighted by Gasteiger charge is 2.10. The van der Waals surface area contributed by atoms with Crippen molar-refractivity contribution >= 4 is 40.9 Å². The lowest BCUT2D eigenvalue weighted by molar-refractivity contribution is 0.905. The van der Waals surface area contributed by atoms with Crippen LogP contribution >= 0.6 is 35.1 Å². The highest BCUT2D eigenvalue weighted by atomic mass is 35.5. The van der Waals surface area contributed by atoms with Gasteiger partial charge in [0.05, 0.1) is 17.9 Å². The molecule has 0 fully saturated rings. The second-order valence-corrected chi connectivity index (χ2v) is 9.84. The number of thioether (sulfide) groups is 2. The summed E-state index contributed by atoms with van der Waals surface area (Å²) in [5.74, 6) is 4.73. The molecule has 0 spiro atoms. The van der Waals surface area contributed by atoms with E-state index in [0.29, 0.717) is 23.2 Å². The summed E-state index contributed by atoms with van der Waals surface area (Å²) < 4.78 is 0. The molecule has 3 aromatic heterocycles. The van der Waals surface area contributed by atoms with Gasteiger partial charge in [-0.15, -0.1) is 11.8 Å². The molecule has 3 aromatic rings. The van der Waals surface area contributed by atoms with Gasteiger partial charge in [0.25, 0.3) is 0 Å². The Morgan fingerprint density at radius 3 is 2.55 bits per heavy atom. The predicted octanol–water partition coefficient (Wildman–Crippen LogP) is 6.26. The molecule has 0 atom stereocenters. The highest BCUT2D eigenvalue weighted by molar-refractivity contribution is 7.99. The fraction of sp³-hybridized carbons (Fsp3) is 0.391. The molecule has 0 aliphatic heterocycles. The van der Waals surface area contributed by atoms with Crippen LogP contribution in [0.5, 0.6) is 0 Å². The standard InChI is InChI=1S/C23H28ClN5S2/c1-16-20(14-27-23-22(24)17(2)28-18(3)29-23)26-11-8-21(16)31-13-5-4-12-30-15-19-6-9-25-10-7-19/h6-11H,4-5,12-15H2,1-3H3,(H,27,28,29). The predicted molar refractivity (Wildman–Crippen MR) is 133 cm³/mol. The van der Waals surface area contributed by atoms with E-state index in [-0.39, 0.29) is 0 Å². The van der Waals surface area contributed by atoms with Crippen LogP contribution in [0.1, 0.15) is 41.2 Å². The first kappa shape index (κ1) is 23.8. The fourth-order valence-corrected chi connectivity index (χ4v) is 5.23. The van der Waals surface area contributed by atoms with Crippen LogP contribution < -0.4 is 5.32 Å². The molecule has 0 radical (unpaired) electrons. The summed E-state index contributed by atoms with van der Waals surface area (Å²) in [5.41, 5.74) is 4.36.